The molecule has 0 atom stereocenters. The fourth-order valence-electron chi connectivity index (χ4n) is 2.71. The molecule has 1 N–H and O–H groups in total. The molecule has 1 aromatic rings. The number of rotatable bonds is 3. The molecule has 2 fully saturated rings. The number of hydrogen-bond donors (Lipinski definition) is 1. The highest BCUT2D eigenvalue weighted by atomic mass is 16.6. The van der Waals surface area contributed by atoms with Crippen LogP contribution >= 0.6 is 0 Å². The smallest absolute Gasteiger partial charge is 0.312 e. The van der Waals surface area contributed by atoms with Crippen LogP contribution in [0.2, 0.25) is 0 Å². The van der Waals surface area contributed by atoms with E-state index in [-0.39, 0.29) is 11.4 Å². The minimum atomic E-state index is -0.421. The van der Waals surface area contributed by atoms with Gasteiger partial charge in [-0.3, -0.25) is 4.79 Å². The molecule has 3 heteroatoms. The first-order valence-electron chi connectivity index (χ1n) is 7.14. The van der Waals surface area contributed by atoms with Crippen LogP contribution in [-0.4, -0.2) is 19.1 Å². The Bertz CT molecular complexity index is 459. The van der Waals surface area contributed by atoms with E-state index in [4.69, 9.17) is 4.74 Å². The first-order chi connectivity index (χ1) is 9.15. The van der Waals surface area contributed by atoms with Gasteiger partial charge < -0.3 is 10.1 Å². The normalized spacial score (nSPS) is 23.6. The summed E-state index contributed by atoms with van der Waals surface area (Å²) in [5.41, 5.74) is 0.496. The summed E-state index contributed by atoms with van der Waals surface area (Å²) in [6.45, 7) is 3.81. The summed E-state index contributed by atoms with van der Waals surface area (Å²) >= 11 is 0. The van der Waals surface area contributed by atoms with Gasteiger partial charge in [0.2, 0.25) is 0 Å². The second kappa shape index (κ2) is 4.64. The molecular weight excluding hydrogens is 238 g/mol. The molecule has 0 radical (unpaired) electrons. The molecule has 1 aromatic carbocycles. The molecule has 1 aliphatic heterocycles. The van der Waals surface area contributed by atoms with Crippen LogP contribution in [0.15, 0.2) is 30.3 Å². The van der Waals surface area contributed by atoms with Crippen molar-refractivity contribution >= 4 is 5.97 Å². The summed E-state index contributed by atoms with van der Waals surface area (Å²) in [7, 11) is 0. The van der Waals surface area contributed by atoms with Crippen LogP contribution < -0.4 is 5.32 Å². The highest BCUT2D eigenvalue weighted by molar-refractivity contribution is 5.79. The molecule has 3 nitrogen and oxygen atoms in total. The van der Waals surface area contributed by atoms with E-state index in [9.17, 15) is 4.79 Å². The van der Waals surface area contributed by atoms with Crippen molar-refractivity contribution in [2.24, 2.45) is 5.41 Å². The van der Waals surface area contributed by atoms with E-state index < -0.39 is 5.60 Å². The van der Waals surface area contributed by atoms with Gasteiger partial charge in [-0.25, -0.2) is 0 Å². The predicted molar refractivity (Wildman–Crippen MR) is 73.7 cm³/mol. The first-order valence-corrected chi connectivity index (χ1v) is 7.14. The van der Waals surface area contributed by atoms with Gasteiger partial charge in [-0.1, -0.05) is 30.3 Å². The molecule has 2 aliphatic rings. The van der Waals surface area contributed by atoms with Gasteiger partial charge >= 0.3 is 5.97 Å². The molecule has 0 bridgehead atoms. The monoisotopic (exact) mass is 259 g/mol. The lowest BCUT2D eigenvalue weighted by atomic mass is 9.84. The molecule has 1 saturated heterocycles. The minimum Gasteiger partial charge on any atom is -0.454 e. The van der Waals surface area contributed by atoms with Crippen molar-refractivity contribution < 1.29 is 9.53 Å². The highest BCUT2D eigenvalue weighted by Crippen LogP contribution is 2.48. The molecule has 0 amide bonds. The van der Waals surface area contributed by atoms with Gasteiger partial charge in [0.1, 0.15) is 5.60 Å². The average Bonchev–Trinajstić information content (AvgIpc) is 3.20. The van der Waals surface area contributed by atoms with Crippen LogP contribution in [0.3, 0.4) is 0 Å². The van der Waals surface area contributed by atoms with Crippen molar-refractivity contribution in [3.8, 4) is 0 Å². The van der Waals surface area contributed by atoms with Crippen LogP contribution in [0.5, 0.6) is 0 Å². The zero-order valence-electron chi connectivity index (χ0n) is 11.4. The number of carbonyl (C=O) groups excluding carboxylic acids is 1. The lowest BCUT2D eigenvalue weighted by molar-refractivity contribution is -0.170. The maximum atomic E-state index is 12.3. The van der Waals surface area contributed by atoms with Crippen LogP contribution in [0.4, 0.5) is 0 Å². The zero-order valence-corrected chi connectivity index (χ0v) is 11.4. The number of nitrogens with one attached hydrogen (secondary N) is 1. The number of benzene rings is 1. The minimum absolute atomic E-state index is 0.0155. The van der Waals surface area contributed by atoms with Gasteiger partial charge in [-0.2, -0.15) is 0 Å². The Kier molecular flexibility index (Phi) is 3.09. The SMILES string of the molecule is CC1(C(=O)OC2(c3ccccc3)CCNCC2)CC1. The van der Waals surface area contributed by atoms with E-state index in [0.29, 0.717) is 0 Å². The van der Waals surface area contributed by atoms with E-state index in [1.807, 2.05) is 25.1 Å². The lowest BCUT2D eigenvalue weighted by Gasteiger charge is -2.38. The Morgan fingerprint density at radius 1 is 1.11 bits per heavy atom. The number of hydrogen-bond acceptors (Lipinski definition) is 3. The van der Waals surface area contributed by atoms with Gasteiger partial charge in [0.25, 0.3) is 0 Å². The van der Waals surface area contributed by atoms with Gasteiger partial charge in [0.15, 0.2) is 0 Å². The zero-order chi connectivity index (χ0) is 13.3. The van der Waals surface area contributed by atoms with Crippen molar-refractivity contribution in [3.05, 3.63) is 35.9 Å². The van der Waals surface area contributed by atoms with Gasteiger partial charge in [-0.15, -0.1) is 0 Å². The Balaban J connectivity index is 1.86. The van der Waals surface area contributed by atoms with Crippen LogP contribution in [0.25, 0.3) is 0 Å². The fraction of sp³-hybridized carbons (Fsp3) is 0.562. The first kappa shape index (κ1) is 12.7. The maximum absolute atomic E-state index is 12.3. The molecule has 102 valence electrons. The van der Waals surface area contributed by atoms with Crippen molar-refractivity contribution in [1.29, 1.82) is 0 Å². The van der Waals surface area contributed by atoms with Crippen molar-refractivity contribution in [2.45, 2.75) is 38.2 Å². The van der Waals surface area contributed by atoms with Crippen molar-refractivity contribution in [1.82, 2.24) is 5.32 Å². The second-order valence-corrected chi connectivity index (χ2v) is 6.06. The quantitative estimate of drug-likeness (QED) is 0.848. The topological polar surface area (TPSA) is 38.3 Å². The van der Waals surface area contributed by atoms with Crippen molar-refractivity contribution in [3.63, 3.8) is 0 Å². The molecule has 1 heterocycles. The third-order valence-electron chi connectivity index (χ3n) is 4.49. The van der Waals surface area contributed by atoms with E-state index in [2.05, 4.69) is 17.4 Å². The summed E-state index contributed by atoms with van der Waals surface area (Å²) < 4.78 is 6.01. The summed E-state index contributed by atoms with van der Waals surface area (Å²) in [5, 5.41) is 3.35. The molecular formula is C16H21NO2. The van der Waals surface area contributed by atoms with E-state index in [1.165, 1.54) is 0 Å². The Hall–Kier alpha value is -1.35. The van der Waals surface area contributed by atoms with Gasteiger partial charge in [0, 0.05) is 12.8 Å². The van der Waals surface area contributed by atoms with E-state index in [1.54, 1.807) is 0 Å². The number of carbonyl (C=O) groups is 1. The average molecular weight is 259 g/mol. The molecule has 1 saturated carbocycles. The number of ether oxygens (including phenoxy) is 1. The third-order valence-corrected chi connectivity index (χ3v) is 4.49. The molecule has 3 rings (SSSR count). The summed E-state index contributed by atoms with van der Waals surface area (Å²) in [5.74, 6) is -0.0155. The number of piperidine rings is 1. The van der Waals surface area contributed by atoms with Crippen LogP contribution in [0, 0.1) is 5.41 Å². The summed E-state index contributed by atoms with van der Waals surface area (Å²) in [4.78, 5) is 12.3. The standard InChI is InChI=1S/C16H21NO2/c1-15(7-8-15)14(18)19-16(9-11-17-12-10-16)13-5-3-2-4-6-13/h2-6,17H,7-12H2,1H3. The predicted octanol–water partition coefficient (Wildman–Crippen LogP) is 2.61. The third kappa shape index (κ3) is 2.39. The maximum Gasteiger partial charge on any atom is 0.312 e. The van der Waals surface area contributed by atoms with Gasteiger partial charge in [0.05, 0.1) is 5.41 Å². The molecule has 0 aromatic heterocycles. The second-order valence-electron chi connectivity index (χ2n) is 6.06. The van der Waals surface area contributed by atoms with E-state index >= 15 is 0 Å². The number of esters is 1. The van der Waals surface area contributed by atoms with E-state index in [0.717, 1.165) is 44.3 Å². The summed E-state index contributed by atoms with van der Waals surface area (Å²) in [6.07, 6.45) is 3.65. The Labute approximate surface area is 114 Å². The van der Waals surface area contributed by atoms with Crippen molar-refractivity contribution in [2.75, 3.05) is 13.1 Å². The highest BCUT2D eigenvalue weighted by Gasteiger charge is 2.50. The molecule has 0 unspecified atom stereocenters. The largest absolute Gasteiger partial charge is 0.454 e. The molecule has 19 heavy (non-hydrogen) atoms. The van der Waals surface area contributed by atoms with Crippen LogP contribution in [-0.2, 0) is 15.1 Å². The van der Waals surface area contributed by atoms with Gasteiger partial charge in [-0.05, 0) is 38.4 Å². The Morgan fingerprint density at radius 3 is 2.32 bits per heavy atom. The molecule has 0 spiro atoms. The molecule has 1 aliphatic carbocycles. The Morgan fingerprint density at radius 2 is 1.74 bits per heavy atom. The summed E-state index contributed by atoms with van der Waals surface area (Å²) in [6, 6.07) is 10.2. The van der Waals surface area contributed by atoms with Crippen LogP contribution in [0.1, 0.15) is 38.2 Å². The lowest BCUT2D eigenvalue weighted by Crippen LogP contribution is -2.44. The fourth-order valence-corrected chi connectivity index (χ4v) is 2.71.